The van der Waals surface area contributed by atoms with Gasteiger partial charge >= 0.3 is 12.0 Å². The minimum Gasteiger partial charge on any atom is -0.497 e. The summed E-state index contributed by atoms with van der Waals surface area (Å²) in [6.07, 6.45) is 0. The summed E-state index contributed by atoms with van der Waals surface area (Å²) in [5, 5.41) is 2.96. The maximum absolute atomic E-state index is 12.7. The highest BCUT2D eigenvalue weighted by Crippen LogP contribution is 2.21. The average Bonchev–Trinajstić information content (AvgIpc) is 2.76. The smallest absolute Gasteiger partial charge is 0.337 e. The maximum Gasteiger partial charge on any atom is 0.337 e. The van der Waals surface area contributed by atoms with E-state index in [1.807, 2.05) is 41.3 Å². The molecule has 1 aliphatic rings. The molecule has 7 heteroatoms. The van der Waals surface area contributed by atoms with Gasteiger partial charge in [-0.2, -0.15) is 0 Å². The van der Waals surface area contributed by atoms with Crippen molar-refractivity contribution in [3.8, 4) is 5.75 Å². The molecule has 0 unspecified atom stereocenters. The first-order valence-electron chi connectivity index (χ1n) is 10.0. The summed E-state index contributed by atoms with van der Waals surface area (Å²) in [5.74, 6) is 0.420. The van der Waals surface area contributed by atoms with Crippen LogP contribution in [0.2, 0.25) is 0 Å². The largest absolute Gasteiger partial charge is 0.497 e. The molecule has 0 aromatic heterocycles. The number of nitrogens with zero attached hydrogens (tertiary/aromatic N) is 2. The molecule has 0 bridgehead atoms. The van der Waals surface area contributed by atoms with Crippen LogP contribution >= 0.6 is 0 Å². The van der Waals surface area contributed by atoms with Gasteiger partial charge in [-0.1, -0.05) is 12.1 Å². The molecule has 2 aromatic rings. The minimum absolute atomic E-state index is 0.0963. The summed E-state index contributed by atoms with van der Waals surface area (Å²) in [6, 6.07) is 15.1. The Morgan fingerprint density at radius 3 is 2.10 bits per heavy atom. The quantitative estimate of drug-likeness (QED) is 0.761. The molecule has 2 aromatic carbocycles. The molecule has 3 rings (SSSR count). The van der Waals surface area contributed by atoms with Crippen molar-refractivity contribution in [1.82, 2.24) is 9.80 Å². The first-order chi connectivity index (χ1) is 14.4. The Balaban J connectivity index is 1.58. The zero-order valence-electron chi connectivity index (χ0n) is 17.9. The molecule has 1 N–H and O–H groups in total. The number of amides is 2. The fourth-order valence-electron chi connectivity index (χ4n) is 3.79. The number of esters is 1. The lowest BCUT2D eigenvalue weighted by Crippen LogP contribution is -2.58. The van der Waals surface area contributed by atoms with Crippen molar-refractivity contribution in [1.29, 1.82) is 0 Å². The van der Waals surface area contributed by atoms with Gasteiger partial charge in [0.25, 0.3) is 0 Å². The number of nitrogens with one attached hydrogen (secondary N) is 1. The molecule has 1 fully saturated rings. The molecule has 2 amide bonds. The third-order valence-electron chi connectivity index (χ3n) is 5.47. The highest BCUT2D eigenvalue weighted by atomic mass is 16.5. The second-order valence-electron chi connectivity index (χ2n) is 7.62. The number of hydrogen-bond acceptors (Lipinski definition) is 5. The summed E-state index contributed by atoms with van der Waals surface area (Å²) in [5.41, 5.74) is 2.41. The van der Waals surface area contributed by atoms with Gasteiger partial charge in [0.2, 0.25) is 0 Å². The van der Waals surface area contributed by atoms with Gasteiger partial charge in [-0.05, 0) is 55.8 Å². The van der Waals surface area contributed by atoms with Crippen molar-refractivity contribution < 1.29 is 19.1 Å². The van der Waals surface area contributed by atoms with Gasteiger partial charge in [0.1, 0.15) is 5.75 Å². The van der Waals surface area contributed by atoms with E-state index in [0.717, 1.165) is 23.5 Å². The Hall–Kier alpha value is -3.06. The molecule has 0 spiro atoms. The van der Waals surface area contributed by atoms with Gasteiger partial charge in [0, 0.05) is 37.4 Å². The third-order valence-corrected chi connectivity index (χ3v) is 5.47. The van der Waals surface area contributed by atoms with Gasteiger partial charge in [-0.25, -0.2) is 9.59 Å². The second-order valence-corrected chi connectivity index (χ2v) is 7.62. The zero-order chi connectivity index (χ0) is 21.7. The molecule has 2 atom stereocenters. The van der Waals surface area contributed by atoms with E-state index in [1.165, 1.54) is 7.11 Å². The first-order valence-corrected chi connectivity index (χ1v) is 10.0. The number of urea groups is 1. The van der Waals surface area contributed by atoms with Gasteiger partial charge < -0.3 is 19.7 Å². The van der Waals surface area contributed by atoms with Crippen molar-refractivity contribution in [2.45, 2.75) is 32.5 Å². The normalized spacial score (nSPS) is 19.3. The number of methoxy groups -OCH3 is 2. The van der Waals surface area contributed by atoms with Crippen molar-refractivity contribution in [3.05, 3.63) is 59.7 Å². The van der Waals surface area contributed by atoms with Crippen LogP contribution in [0.15, 0.2) is 48.5 Å². The molecular formula is C23H29N3O4. The molecule has 1 saturated heterocycles. The lowest BCUT2D eigenvalue weighted by molar-refractivity contribution is 0.0525. The fraction of sp³-hybridized carbons (Fsp3) is 0.391. The zero-order valence-corrected chi connectivity index (χ0v) is 17.9. The van der Waals surface area contributed by atoms with Gasteiger partial charge in [-0.3, -0.25) is 4.90 Å². The number of hydrogen-bond donors (Lipinski definition) is 1. The van der Waals surface area contributed by atoms with Gasteiger partial charge in [0.15, 0.2) is 0 Å². The lowest BCUT2D eigenvalue weighted by atomic mass is 10.1. The Morgan fingerprint density at radius 2 is 1.57 bits per heavy atom. The van der Waals surface area contributed by atoms with E-state index < -0.39 is 0 Å². The maximum atomic E-state index is 12.7. The highest BCUT2D eigenvalue weighted by molar-refractivity contribution is 5.90. The molecule has 0 aliphatic carbocycles. The molecule has 160 valence electrons. The van der Waals surface area contributed by atoms with Crippen molar-refractivity contribution in [2.24, 2.45) is 0 Å². The first kappa shape index (κ1) is 21.6. The van der Waals surface area contributed by atoms with Crippen LogP contribution in [0.3, 0.4) is 0 Å². The Kier molecular flexibility index (Phi) is 6.95. The minimum atomic E-state index is -0.334. The van der Waals surface area contributed by atoms with Crippen LogP contribution in [0.4, 0.5) is 10.5 Å². The molecule has 0 saturated carbocycles. The topological polar surface area (TPSA) is 71.1 Å². The summed E-state index contributed by atoms with van der Waals surface area (Å²) in [7, 11) is 2.99. The monoisotopic (exact) mass is 411 g/mol. The number of carbonyl (C=O) groups is 2. The predicted molar refractivity (Wildman–Crippen MR) is 116 cm³/mol. The molecule has 30 heavy (non-hydrogen) atoms. The van der Waals surface area contributed by atoms with Crippen LogP contribution in [0, 0.1) is 0 Å². The van der Waals surface area contributed by atoms with Crippen LogP contribution in [0.25, 0.3) is 0 Å². The van der Waals surface area contributed by atoms with Gasteiger partial charge in [-0.15, -0.1) is 0 Å². The van der Waals surface area contributed by atoms with E-state index >= 15 is 0 Å². The van der Waals surface area contributed by atoms with Crippen LogP contribution in [0.1, 0.15) is 29.8 Å². The number of benzene rings is 2. The van der Waals surface area contributed by atoms with E-state index in [4.69, 9.17) is 9.47 Å². The SMILES string of the molecule is COC(=O)c1ccc(CN2[C@H](C)CN(C(=O)Nc3ccc(OC)cc3)C[C@@H]2C)cc1. The van der Waals surface area contributed by atoms with E-state index in [9.17, 15) is 9.59 Å². The number of ether oxygens (including phenoxy) is 2. The number of anilines is 1. The van der Waals surface area contributed by atoms with Crippen LogP contribution in [-0.2, 0) is 11.3 Å². The summed E-state index contributed by atoms with van der Waals surface area (Å²) in [6.45, 7) is 6.31. The Bertz CT molecular complexity index is 855. The lowest BCUT2D eigenvalue weighted by Gasteiger charge is -2.44. The summed E-state index contributed by atoms with van der Waals surface area (Å²) < 4.78 is 9.90. The Morgan fingerprint density at radius 1 is 0.967 bits per heavy atom. The van der Waals surface area contributed by atoms with E-state index in [1.54, 1.807) is 19.2 Å². The molecule has 0 radical (unpaired) electrons. The van der Waals surface area contributed by atoms with Crippen LogP contribution in [0.5, 0.6) is 5.75 Å². The van der Waals surface area contributed by atoms with E-state index in [-0.39, 0.29) is 24.1 Å². The highest BCUT2D eigenvalue weighted by Gasteiger charge is 2.31. The molecule has 7 nitrogen and oxygen atoms in total. The summed E-state index contributed by atoms with van der Waals surface area (Å²) in [4.78, 5) is 28.6. The molecular weight excluding hydrogens is 382 g/mol. The predicted octanol–water partition coefficient (Wildman–Crippen LogP) is 3.61. The number of carbonyl (C=O) groups excluding carboxylic acids is 2. The molecule has 1 aliphatic heterocycles. The standard InChI is InChI=1S/C23H29N3O4/c1-16-13-25(23(28)24-20-9-11-21(29-3)12-10-20)14-17(2)26(16)15-18-5-7-19(8-6-18)22(27)30-4/h5-12,16-17H,13-15H2,1-4H3,(H,24,28)/t16-,17+. The van der Waals surface area contributed by atoms with Crippen molar-refractivity contribution in [3.63, 3.8) is 0 Å². The van der Waals surface area contributed by atoms with Crippen molar-refractivity contribution >= 4 is 17.7 Å². The fourth-order valence-corrected chi connectivity index (χ4v) is 3.79. The van der Waals surface area contributed by atoms with Crippen LogP contribution < -0.4 is 10.1 Å². The van der Waals surface area contributed by atoms with E-state index in [2.05, 4.69) is 24.1 Å². The second kappa shape index (κ2) is 9.63. The van der Waals surface area contributed by atoms with Crippen LogP contribution in [-0.4, -0.2) is 61.2 Å². The van der Waals surface area contributed by atoms with E-state index in [0.29, 0.717) is 18.7 Å². The third kappa shape index (κ3) is 5.10. The van der Waals surface area contributed by atoms with Gasteiger partial charge in [0.05, 0.1) is 19.8 Å². The Labute approximate surface area is 177 Å². The average molecular weight is 412 g/mol. The van der Waals surface area contributed by atoms with Crippen molar-refractivity contribution in [2.75, 3.05) is 32.6 Å². The summed E-state index contributed by atoms with van der Waals surface area (Å²) >= 11 is 0. The number of rotatable bonds is 5. The number of piperazine rings is 1. The molecule has 1 heterocycles.